The zero-order valence-corrected chi connectivity index (χ0v) is 17.2. The summed E-state index contributed by atoms with van der Waals surface area (Å²) in [4.78, 5) is 28.0. The van der Waals surface area contributed by atoms with Gasteiger partial charge < -0.3 is 24.6 Å². The van der Waals surface area contributed by atoms with Crippen molar-refractivity contribution in [3.63, 3.8) is 0 Å². The normalized spacial score (nSPS) is 15.9. The lowest BCUT2D eigenvalue weighted by molar-refractivity contribution is -0.139. The van der Waals surface area contributed by atoms with Crippen LogP contribution in [0, 0.1) is 0 Å². The number of hydrogen-bond donors (Lipinski definition) is 2. The molecular formula is C21H20N2O6S. The zero-order chi connectivity index (χ0) is 21.5. The highest BCUT2D eigenvalue weighted by molar-refractivity contribution is 8.18. The van der Waals surface area contributed by atoms with Crippen LogP contribution in [0.1, 0.15) is 12.5 Å². The van der Waals surface area contributed by atoms with Gasteiger partial charge in [-0.1, -0.05) is 18.2 Å². The number of hydrogen-bond acceptors (Lipinski definition) is 7. The van der Waals surface area contributed by atoms with Crippen molar-refractivity contribution in [3.05, 3.63) is 52.9 Å². The van der Waals surface area contributed by atoms with Gasteiger partial charge in [0.15, 0.2) is 23.3 Å². The zero-order valence-electron chi connectivity index (χ0n) is 16.4. The summed E-state index contributed by atoms with van der Waals surface area (Å²) in [5, 5.41) is 12.0. The van der Waals surface area contributed by atoms with E-state index in [0.717, 1.165) is 0 Å². The summed E-state index contributed by atoms with van der Waals surface area (Å²) >= 11 is 1.21. The van der Waals surface area contributed by atoms with Crippen LogP contribution in [0.15, 0.2) is 52.4 Å². The average molecular weight is 428 g/mol. The van der Waals surface area contributed by atoms with Gasteiger partial charge in [-0.2, -0.15) is 0 Å². The van der Waals surface area contributed by atoms with Crippen LogP contribution in [0.4, 0.5) is 5.69 Å². The van der Waals surface area contributed by atoms with Crippen LogP contribution in [0.25, 0.3) is 6.08 Å². The molecule has 0 unspecified atom stereocenters. The molecule has 2 aromatic carbocycles. The number of nitrogens with one attached hydrogen (secondary N) is 1. The maximum absolute atomic E-state index is 12.4. The van der Waals surface area contributed by atoms with Gasteiger partial charge in [0.2, 0.25) is 0 Å². The Kier molecular flexibility index (Phi) is 6.97. The van der Waals surface area contributed by atoms with Gasteiger partial charge in [-0.15, -0.1) is 0 Å². The van der Waals surface area contributed by atoms with Crippen molar-refractivity contribution in [3.8, 4) is 17.2 Å². The van der Waals surface area contributed by atoms with E-state index in [2.05, 4.69) is 10.3 Å². The van der Waals surface area contributed by atoms with E-state index in [1.165, 1.54) is 11.8 Å². The Morgan fingerprint density at radius 3 is 2.70 bits per heavy atom. The number of aliphatic carboxylic acids is 1. The van der Waals surface area contributed by atoms with Crippen molar-refractivity contribution in [1.29, 1.82) is 0 Å². The number of carboxylic acid groups (broad SMARTS) is 1. The summed E-state index contributed by atoms with van der Waals surface area (Å²) in [6, 6.07) is 12.3. The molecule has 1 fully saturated rings. The fraction of sp³-hybridized carbons (Fsp3) is 0.190. The van der Waals surface area contributed by atoms with Crippen molar-refractivity contribution >= 4 is 40.6 Å². The summed E-state index contributed by atoms with van der Waals surface area (Å²) in [7, 11) is 1.56. The lowest BCUT2D eigenvalue weighted by atomic mass is 10.2. The number of rotatable bonds is 8. The van der Waals surface area contributed by atoms with Crippen LogP contribution in [0.5, 0.6) is 17.2 Å². The molecule has 0 spiro atoms. The minimum absolute atomic E-state index is 0.266. The fourth-order valence-corrected chi connectivity index (χ4v) is 3.44. The van der Waals surface area contributed by atoms with Crippen molar-refractivity contribution < 1.29 is 28.9 Å². The van der Waals surface area contributed by atoms with E-state index in [0.29, 0.717) is 45.2 Å². The number of carboxylic acids is 1. The van der Waals surface area contributed by atoms with Crippen molar-refractivity contribution in [2.24, 2.45) is 4.99 Å². The maximum atomic E-state index is 12.4. The van der Waals surface area contributed by atoms with Gasteiger partial charge in [-0.05, 0) is 54.6 Å². The number of carbonyl (C=O) groups is 2. The van der Waals surface area contributed by atoms with E-state index in [-0.39, 0.29) is 5.91 Å². The molecule has 0 radical (unpaired) electrons. The second-order valence-corrected chi connectivity index (χ2v) is 7.01. The molecule has 1 amide bonds. The maximum Gasteiger partial charge on any atom is 0.341 e. The number of methoxy groups -OCH3 is 1. The molecule has 2 aromatic rings. The standard InChI is InChI=1S/C21H20N2O6S/c1-3-28-17-10-13(8-9-16(17)29-12-19(24)25)11-18-20(26)23-21(30-18)22-14-6-4-5-7-15(14)27-2/h4-11H,3,12H2,1-2H3,(H,24,25)(H,22,23,26)/b18-11+. The molecule has 0 aromatic heterocycles. The van der Waals surface area contributed by atoms with Gasteiger partial charge in [-0.25, -0.2) is 9.79 Å². The molecule has 1 heterocycles. The fourth-order valence-electron chi connectivity index (χ4n) is 2.60. The summed E-state index contributed by atoms with van der Waals surface area (Å²) in [6.07, 6.45) is 1.70. The van der Waals surface area contributed by atoms with E-state index in [1.54, 1.807) is 43.5 Å². The van der Waals surface area contributed by atoms with Crippen LogP contribution in [-0.2, 0) is 9.59 Å². The first kappa shape index (κ1) is 21.3. The first-order chi connectivity index (χ1) is 14.5. The molecule has 1 saturated heterocycles. The molecule has 156 valence electrons. The third kappa shape index (κ3) is 5.32. The van der Waals surface area contributed by atoms with Crippen molar-refractivity contribution in [1.82, 2.24) is 5.32 Å². The number of amidine groups is 1. The predicted molar refractivity (Wildman–Crippen MR) is 115 cm³/mol. The second-order valence-electron chi connectivity index (χ2n) is 5.98. The van der Waals surface area contributed by atoms with Crippen molar-refractivity contribution in [2.45, 2.75) is 6.92 Å². The Labute approximate surface area is 177 Å². The highest BCUT2D eigenvalue weighted by Gasteiger charge is 2.24. The molecule has 0 saturated carbocycles. The van der Waals surface area contributed by atoms with Gasteiger partial charge >= 0.3 is 5.97 Å². The van der Waals surface area contributed by atoms with E-state index < -0.39 is 12.6 Å². The molecule has 2 N–H and O–H groups in total. The minimum Gasteiger partial charge on any atom is -0.494 e. The highest BCUT2D eigenvalue weighted by Crippen LogP contribution is 2.34. The third-order valence-electron chi connectivity index (χ3n) is 3.87. The first-order valence-electron chi connectivity index (χ1n) is 9.04. The molecule has 0 aliphatic carbocycles. The molecule has 3 rings (SSSR count). The van der Waals surface area contributed by atoms with Crippen LogP contribution in [0.3, 0.4) is 0 Å². The SMILES string of the molecule is CCOc1cc(/C=C2/SC(=Nc3ccccc3OC)NC2=O)ccc1OCC(=O)O. The molecule has 0 atom stereocenters. The van der Waals surface area contributed by atoms with E-state index in [4.69, 9.17) is 19.3 Å². The monoisotopic (exact) mass is 428 g/mol. The highest BCUT2D eigenvalue weighted by atomic mass is 32.2. The van der Waals surface area contributed by atoms with Gasteiger partial charge in [0.1, 0.15) is 11.4 Å². The summed E-state index contributed by atoms with van der Waals surface area (Å²) in [5.74, 6) is -0.0132. The predicted octanol–water partition coefficient (Wildman–Crippen LogP) is 3.45. The Balaban J connectivity index is 1.82. The molecule has 9 heteroatoms. The third-order valence-corrected chi connectivity index (χ3v) is 4.78. The largest absolute Gasteiger partial charge is 0.494 e. The van der Waals surface area contributed by atoms with Gasteiger partial charge in [0.25, 0.3) is 5.91 Å². The molecule has 1 aliphatic heterocycles. The minimum atomic E-state index is -1.08. The quantitative estimate of drug-likeness (QED) is 0.620. The molecule has 30 heavy (non-hydrogen) atoms. The smallest absolute Gasteiger partial charge is 0.341 e. The van der Waals surface area contributed by atoms with E-state index in [1.807, 2.05) is 19.1 Å². The molecule has 0 bridgehead atoms. The van der Waals surface area contributed by atoms with E-state index in [9.17, 15) is 9.59 Å². The summed E-state index contributed by atoms with van der Waals surface area (Å²) in [5.41, 5.74) is 1.32. The van der Waals surface area contributed by atoms with Crippen LogP contribution >= 0.6 is 11.8 Å². The Morgan fingerprint density at radius 2 is 1.97 bits per heavy atom. The Bertz CT molecular complexity index is 1020. The summed E-state index contributed by atoms with van der Waals surface area (Å²) < 4.78 is 16.1. The van der Waals surface area contributed by atoms with Gasteiger partial charge in [-0.3, -0.25) is 4.79 Å². The Hall–Kier alpha value is -3.46. The van der Waals surface area contributed by atoms with Crippen LogP contribution in [0.2, 0.25) is 0 Å². The number of benzene rings is 2. The molecule has 8 nitrogen and oxygen atoms in total. The van der Waals surface area contributed by atoms with Crippen molar-refractivity contribution in [2.75, 3.05) is 20.3 Å². The van der Waals surface area contributed by atoms with Crippen LogP contribution in [-0.4, -0.2) is 42.5 Å². The lowest BCUT2D eigenvalue weighted by Gasteiger charge is -2.11. The van der Waals surface area contributed by atoms with Crippen LogP contribution < -0.4 is 19.5 Å². The second kappa shape index (κ2) is 9.84. The number of aliphatic imine (C=N–C) groups is 1. The Morgan fingerprint density at radius 1 is 1.17 bits per heavy atom. The molecule has 1 aliphatic rings. The summed E-state index contributed by atoms with van der Waals surface area (Å²) in [6.45, 7) is 1.73. The number of carbonyl (C=O) groups excluding carboxylic acids is 1. The first-order valence-corrected chi connectivity index (χ1v) is 9.86. The average Bonchev–Trinajstić information content (AvgIpc) is 3.06. The number of ether oxygens (including phenoxy) is 3. The topological polar surface area (TPSA) is 106 Å². The lowest BCUT2D eigenvalue weighted by Crippen LogP contribution is -2.19. The van der Waals surface area contributed by atoms with Gasteiger partial charge in [0, 0.05) is 0 Å². The number of para-hydroxylation sites is 2. The number of thioether (sulfide) groups is 1. The number of nitrogens with zero attached hydrogens (tertiary/aromatic N) is 1. The molecular weight excluding hydrogens is 408 g/mol. The number of amides is 1. The van der Waals surface area contributed by atoms with E-state index >= 15 is 0 Å². The van der Waals surface area contributed by atoms with Gasteiger partial charge in [0.05, 0.1) is 18.6 Å².